The van der Waals surface area contributed by atoms with Gasteiger partial charge in [0.15, 0.2) is 5.76 Å². The van der Waals surface area contributed by atoms with Crippen LogP contribution >= 0.6 is 0 Å². The monoisotopic (exact) mass is 265 g/mol. The number of amides is 3. The summed E-state index contributed by atoms with van der Waals surface area (Å²) in [6, 6.07) is 1.62. The minimum absolute atomic E-state index is 0.0519. The first-order valence-electron chi connectivity index (χ1n) is 5.96. The van der Waals surface area contributed by atoms with E-state index in [9.17, 15) is 14.4 Å². The number of hydrogen-bond donors (Lipinski definition) is 2. The Kier molecular flexibility index (Phi) is 3.66. The van der Waals surface area contributed by atoms with Crippen LogP contribution in [0.2, 0.25) is 0 Å². The highest BCUT2D eigenvalue weighted by Crippen LogP contribution is 2.20. The summed E-state index contributed by atoms with van der Waals surface area (Å²) in [7, 11) is 0. The summed E-state index contributed by atoms with van der Waals surface area (Å²) in [5, 5.41) is 0. The van der Waals surface area contributed by atoms with E-state index >= 15 is 0 Å². The molecule has 2 rings (SSSR count). The molecule has 102 valence electrons. The lowest BCUT2D eigenvalue weighted by Crippen LogP contribution is -2.39. The molecular weight excluding hydrogens is 250 g/mol. The molecule has 1 fully saturated rings. The molecule has 3 amide bonds. The van der Waals surface area contributed by atoms with Gasteiger partial charge in [-0.15, -0.1) is 0 Å². The number of hydrazine groups is 1. The summed E-state index contributed by atoms with van der Waals surface area (Å²) < 4.78 is 5.33. The van der Waals surface area contributed by atoms with E-state index in [1.165, 1.54) is 0 Å². The van der Waals surface area contributed by atoms with Gasteiger partial charge in [0.1, 0.15) is 5.76 Å². The fourth-order valence-corrected chi connectivity index (χ4v) is 2.05. The Bertz CT molecular complexity index is 519. The average molecular weight is 265 g/mol. The number of likely N-dealkylation sites (tertiary alicyclic amines) is 1. The number of piperidine rings is 1. The Labute approximate surface area is 109 Å². The van der Waals surface area contributed by atoms with Crippen LogP contribution in [-0.4, -0.2) is 22.6 Å². The van der Waals surface area contributed by atoms with Crippen LogP contribution in [0.1, 0.15) is 41.1 Å². The Hall–Kier alpha value is -2.15. The second-order valence-electron chi connectivity index (χ2n) is 4.43. The highest BCUT2D eigenvalue weighted by molar-refractivity contribution is 5.97. The molecule has 0 aliphatic carbocycles. The second-order valence-corrected chi connectivity index (χ2v) is 4.43. The molecule has 3 N–H and O–H groups in total. The Morgan fingerprint density at radius 3 is 2.63 bits per heavy atom. The third-order valence-electron chi connectivity index (χ3n) is 3.00. The first-order chi connectivity index (χ1) is 9.02. The maximum absolute atomic E-state index is 11.7. The van der Waals surface area contributed by atoms with Crippen molar-refractivity contribution in [2.24, 2.45) is 5.84 Å². The minimum Gasteiger partial charge on any atom is -0.454 e. The zero-order valence-corrected chi connectivity index (χ0v) is 10.6. The molecule has 1 aromatic rings. The summed E-state index contributed by atoms with van der Waals surface area (Å²) in [6.45, 7) is 1.74. The third kappa shape index (κ3) is 2.65. The molecule has 7 nitrogen and oxygen atoms in total. The quantitative estimate of drug-likeness (QED) is 0.352. The first kappa shape index (κ1) is 13.3. The van der Waals surface area contributed by atoms with Gasteiger partial charge >= 0.3 is 5.91 Å². The number of nitrogens with two attached hydrogens (primary N) is 1. The number of rotatable bonds is 3. The molecule has 1 aromatic heterocycles. The van der Waals surface area contributed by atoms with E-state index in [0.29, 0.717) is 30.6 Å². The van der Waals surface area contributed by atoms with Crippen molar-refractivity contribution in [3.63, 3.8) is 0 Å². The van der Waals surface area contributed by atoms with Crippen LogP contribution in [0.25, 0.3) is 0 Å². The summed E-state index contributed by atoms with van der Waals surface area (Å²) in [5.74, 6) is 4.55. The number of carbonyl (C=O) groups excluding carboxylic acids is 3. The van der Waals surface area contributed by atoms with Crippen molar-refractivity contribution < 1.29 is 18.8 Å². The SMILES string of the molecule is Cc1cc(CN2C(=O)CCCC2=O)oc1C(=O)NN. The van der Waals surface area contributed by atoms with Crippen LogP contribution in [0, 0.1) is 6.92 Å². The Morgan fingerprint density at radius 2 is 2.05 bits per heavy atom. The number of hydrogen-bond acceptors (Lipinski definition) is 5. The predicted octanol–water partition coefficient (Wildman–Crippen LogP) is 0.231. The highest BCUT2D eigenvalue weighted by Gasteiger charge is 2.27. The maximum Gasteiger partial charge on any atom is 0.301 e. The molecule has 19 heavy (non-hydrogen) atoms. The van der Waals surface area contributed by atoms with Crippen molar-refractivity contribution in [3.8, 4) is 0 Å². The van der Waals surface area contributed by atoms with Crippen molar-refractivity contribution in [1.29, 1.82) is 0 Å². The minimum atomic E-state index is -0.542. The molecule has 1 aliphatic heterocycles. The van der Waals surface area contributed by atoms with E-state index in [1.807, 2.05) is 5.43 Å². The van der Waals surface area contributed by atoms with Gasteiger partial charge in [-0.3, -0.25) is 24.7 Å². The fourth-order valence-electron chi connectivity index (χ4n) is 2.05. The van der Waals surface area contributed by atoms with Crippen LogP contribution in [0.15, 0.2) is 10.5 Å². The number of nitrogens with one attached hydrogen (secondary N) is 1. The summed E-state index contributed by atoms with van der Waals surface area (Å²) in [5.41, 5.74) is 2.58. The Balaban J connectivity index is 2.17. The van der Waals surface area contributed by atoms with E-state index in [-0.39, 0.29) is 24.1 Å². The van der Waals surface area contributed by atoms with Gasteiger partial charge < -0.3 is 4.42 Å². The van der Waals surface area contributed by atoms with Crippen LogP contribution in [0.5, 0.6) is 0 Å². The normalized spacial score (nSPS) is 15.8. The topological polar surface area (TPSA) is 106 Å². The third-order valence-corrected chi connectivity index (χ3v) is 3.00. The standard InChI is InChI=1S/C12H15N3O4/c1-7-5-8(19-11(7)12(18)14-13)6-15-9(16)3-2-4-10(15)17/h5H,2-4,6,13H2,1H3,(H,14,18). The van der Waals surface area contributed by atoms with Gasteiger partial charge in [0.2, 0.25) is 11.8 Å². The number of imide groups is 1. The van der Waals surface area contributed by atoms with E-state index in [2.05, 4.69) is 0 Å². The smallest absolute Gasteiger partial charge is 0.301 e. The number of furan rings is 1. The summed E-state index contributed by atoms with van der Waals surface area (Å²) in [6.07, 6.45) is 1.31. The molecule has 1 aliphatic rings. The highest BCUT2D eigenvalue weighted by atomic mass is 16.4. The van der Waals surface area contributed by atoms with Gasteiger partial charge in [-0.05, 0) is 19.4 Å². The molecule has 0 aromatic carbocycles. The van der Waals surface area contributed by atoms with E-state index in [1.54, 1.807) is 13.0 Å². The van der Waals surface area contributed by atoms with Gasteiger partial charge in [0, 0.05) is 18.4 Å². The average Bonchev–Trinajstić information content (AvgIpc) is 2.74. The molecular formula is C12H15N3O4. The molecule has 0 bridgehead atoms. The molecule has 0 unspecified atom stereocenters. The lowest BCUT2D eigenvalue weighted by atomic mass is 10.1. The van der Waals surface area contributed by atoms with Gasteiger partial charge in [-0.25, -0.2) is 5.84 Å². The largest absolute Gasteiger partial charge is 0.454 e. The van der Waals surface area contributed by atoms with Crippen molar-refractivity contribution in [2.75, 3.05) is 0 Å². The zero-order chi connectivity index (χ0) is 14.0. The van der Waals surface area contributed by atoms with Crippen LogP contribution in [0.3, 0.4) is 0 Å². The van der Waals surface area contributed by atoms with Gasteiger partial charge in [0.25, 0.3) is 0 Å². The maximum atomic E-state index is 11.7. The zero-order valence-electron chi connectivity index (χ0n) is 10.6. The van der Waals surface area contributed by atoms with E-state index in [0.717, 1.165) is 4.90 Å². The molecule has 0 saturated carbocycles. The van der Waals surface area contributed by atoms with Crippen molar-refractivity contribution in [3.05, 3.63) is 23.2 Å². The summed E-state index contributed by atoms with van der Waals surface area (Å²) in [4.78, 5) is 35.9. The number of nitrogen functional groups attached to an aromatic ring is 1. The fraction of sp³-hybridized carbons (Fsp3) is 0.417. The van der Waals surface area contributed by atoms with E-state index < -0.39 is 5.91 Å². The molecule has 2 heterocycles. The summed E-state index contributed by atoms with van der Waals surface area (Å²) >= 11 is 0. The lowest BCUT2D eigenvalue weighted by Gasteiger charge is -2.23. The number of aryl methyl sites for hydroxylation is 1. The van der Waals surface area contributed by atoms with Gasteiger partial charge in [-0.2, -0.15) is 0 Å². The van der Waals surface area contributed by atoms with Crippen molar-refractivity contribution in [1.82, 2.24) is 10.3 Å². The predicted molar refractivity (Wildman–Crippen MR) is 64.5 cm³/mol. The first-order valence-corrected chi connectivity index (χ1v) is 5.96. The van der Waals surface area contributed by atoms with Gasteiger partial charge in [-0.1, -0.05) is 0 Å². The molecule has 0 radical (unpaired) electrons. The van der Waals surface area contributed by atoms with Crippen molar-refractivity contribution in [2.45, 2.75) is 32.7 Å². The van der Waals surface area contributed by atoms with E-state index in [4.69, 9.17) is 10.3 Å². The lowest BCUT2D eigenvalue weighted by molar-refractivity contribution is -0.149. The molecule has 1 saturated heterocycles. The Morgan fingerprint density at radius 1 is 1.42 bits per heavy atom. The van der Waals surface area contributed by atoms with Crippen LogP contribution < -0.4 is 11.3 Å². The second kappa shape index (κ2) is 5.23. The molecule has 7 heteroatoms. The molecule has 0 spiro atoms. The molecule has 0 atom stereocenters. The van der Waals surface area contributed by atoms with Crippen LogP contribution in [0.4, 0.5) is 0 Å². The number of carbonyl (C=O) groups is 3. The van der Waals surface area contributed by atoms with Crippen molar-refractivity contribution >= 4 is 17.7 Å². The number of nitrogens with zero attached hydrogens (tertiary/aromatic N) is 1. The van der Waals surface area contributed by atoms with Crippen LogP contribution in [-0.2, 0) is 16.1 Å². The van der Waals surface area contributed by atoms with Gasteiger partial charge in [0.05, 0.1) is 6.54 Å².